The molecule has 0 bridgehead atoms. The van der Waals surface area contributed by atoms with Crippen LogP contribution < -0.4 is 9.47 Å². The van der Waals surface area contributed by atoms with Crippen LogP contribution in [0.1, 0.15) is 30.0 Å². The molecule has 1 amide bonds. The average Bonchev–Trinajstić information content (AvgIpc) is 3.41. The van der Waals surface area contributed by atoms with Gasteiger partial charge >= 0.3 is 0 Å². The number of carbonyl (C=O) groups excluding carboxylic acids is 2. The van der Waals surface area contributed by atoms with Crippen LogP contribution in [0.25, 0.3) is 5.76 Å². The zero-order valence-corrected chi connectivity index (χ0v) is 18.6. The summed E-state index contributed by atoms with van der Waals surface area (Å²) in [6.07, 6.45) is 1.51. The Morgan fingerprint density at radius 3 is 2.53 bits per heavy atom. The summed E-state index contributed by atoms with van der Waals surface area (Å²) < 4.78 is 16.6. The predicted octanol–water partition coefficient (Wildman–Crippen LogP) is 3.96. The molecule has 2 fully saturated rings. The molecule has 7 nitrogen and oxygen atoms in total. The molecule has 2 saturated heterocycles. The maximum atomic E-state index is 13.2. The molecule has 168 valence electrons. The quantitative estimate of drug-likeness (QED) is 0.401. The summed E-state index contributed by atoms with van der Waals surface area (Å²) in [4.78, 5) is 27.7. The third-order valence-corrected chi connectivity index (χ3v) is 6.07. The zero-order valence-electron chi connectivity index (χ0n) is 17.8. The van der Waals surface area contributed by atoms with E-state index in [1.807, 2.05) is 0 Å². The van der Waals surface area contributed by atoms with E-state index in [1.165, 1.54) is 19.1 Å². The Morgan fingerprint density at radius 1 is 1.16 bits per heavy atom. The Balaban J connectivity index is 1.89. The molecule has 0 spiro atoms. The summed E-state index contributed by atoms with van der Waals surface area (Å²) in [6.45, 7) is 0.847. The lowest BCUT2D eigenvalue weighted by Gasteiger charge is -2.28. The van der Waals surface area contributed by atoms with Crippen molar-refractivity contribution in [2.45, 2.75) is 25.0 Å². The molecule has 2 aromatic carbocycles. The van der Waals surface area contributed by atoms with Crippen LogP contribution in [-0.4, -0.2) is 55.2 Å². The number of carbonyl (C=O) groups is 2. The second-order valence-electron chi connectivity index (χ2n) is 7.70. The van der Waals surface area contributed by atoms with Gasteiger partial charge < -0.3 is 24.2 Å². The van der Waals surface area contributed by atoms with Gasteiger partial charge in [0.05, 0.1) is 31.9 Å². The standard InChI is InChI=1S/C24H24ClNO6/c1-30-16-9-10-19(31-2)18(12-16)21-20(22(27)14-5-7-15(25)8-6-14)23(28)24(29)26(21)13-17-4-3-11-32-17/h5-10,12,17,21,27H,3-4,11,13H2,1-2H3/t17-,21+/m0/s1. The van der Waals surface area contributed by atoms with Crippen molar-refractivity contribution in [2.75, 3.05) is 27.4 Å². The van der Waals surface area contributed by atoms with Crippen molar-refractivity contribution in [2.24, 2.45) is 0 Å². The summed E-state index contributed by atoms with van der Waals surface area (Å²) in [7, 11) is 3.04. The van der Waals surface area contributed by atoms with Crippen molar-refractivity contribution < 1.29 is 28.9 Å². The number of benzene rings is 2. The third kappa shape index (κ3) is 4.06. The molecule has 1 N–H and O–H groups in total. The molecule has 2 heterocycles. The number of Topliss-reactive ketones (excluding diaryl/α,β-unsaturated/α-hetero) is 1. The summed E-state index contributed by atoms with van der Waals surface area (Å²) >= 11 is 5.97. The minimum Gasteiger partial charge on any atom is -0.507 e. The Kier molecular flexibility index (Phi) is 6.39. The number of nitrogens with zero attached hydrogens (tertiary/aromatic N) is 1. The molecule has 32 heavy (non-hydrogen) atoms. The van der Waals surface area contributed by atoms with E-state index >= 15 is 0 Å². The van der Waals surface area contributed by atoms with Crippen LogP contribution in [0.4, 0.5) is 0 Å². The number of aliphatic hydroxyl groups excluding tert-OH is 1. The Hall–Kier alpha value is -3.03. The van der Waals surface area contributed by atoms with Gasteiger partial charge in [-0.15, -0.1) is 0 Å². The van der Waals surface area contributed by atoms with Gasteiger partial charge in [-0.25, -0.2) is 0 Å². The highest BCUT2D eigenvalue weighted by molar-refractivity contribution is 6.46. The number of halogens is 1. The first-order valence-corrected chi connectivity index (χ1v) is 10.7. The van der Waals surface area contributed by atoms with Crippen molar-refractivity contribution in [1.82, 2.24) is 4.90 Å². The van der Waals surface area contributed by atoms with Gasteiger partial charge in [0.15, 0.2) is 0 Å². The van der Waals surface area contributed by atoms with E-state index in [9.17, 15) is 14.7 Å². The summed E-state index contributed by atoms with van der Waals surface area (Å²) in [5, 5.41) is 11.6. The molecule has 0 aliphatic carbocycles. The van der Waals surface area contributed by atoms with Crippen LogP contribution >= 0.6 is 11.6 Å². The molecule has 8 heteroatoms. The van der Waals surface area contributed by atoms with Gasteiger partial charge in [-0.05, 0) is 55.3 Å². The third-order valence-electron chi connectivity index (χ3n) is 5.81. The molecular formula is C24H24ClNO6. The fourth-order valence-electron chi connectivity index (χ4n) is 4.22. The molecule has 0 aromatic heterocycles. The van der Waals surface area contributed by atoms with Crippen molar-refractivity contribution in [3.8, 4) is 11.5 Å². The molecule has 0 unspecified atom stereocenters. The van der Waals surface area contributed by atoms with Crippen molar-refractivity contribution in [3.05, 3.63) is 64.2 Å². The van der Waals surface area contributed by atoms with Crippen LogP contribution in [0.15, 0.2) is 48.0 Å². The SMILES string of the molecule is COc1ccc(OC)c([C@@H]2C(=C(O)c3ccc(Cl)cc3)C(=O)C(=O)N2C[C@@H]2CCCO2)c1. The summed E-state index contributed by atoms with van der Waals surface area (Å²) in [5.41, 5.74) is 0.915. The average molecular weight is 458 g/mol. The van der Waals surface area contributed by atoms with E-state index in [0.717, 1.165) is 12.8 Å². The number of rotatable bonds is 6. The van der Waals surface area contributed by atoms with Gasteiger partial charge in [0.1, 0.15) is 17.3 Å². The number of hydrogen-bond acceptors (Lipinski definition) is 6. The fourth-order valence-corrected chi connectivity index (χ4v) is 4.34. The van der Waals surface area contributed by atoms with E-state index in [0.29, 0.717) is 34.3 Å². The first-order chi connectivity index (χ1) is 15.4. The lowest BCUT2D eigenvalue weighted by Crippen LogP contribution is -2.36. The highest BCUT2D eigenvalue weighted by atomic mass is 35.5. The van der Waals surface area contributed by atoms with Crippen LogP contribution in [0, 0.1) is 0 Å². The van der Waals surface area contributed by atoms with E-state index in [2.05, 4.69) is 0 Å². The number of likely N-dealkylation sites (tertiary alicyclic amines) is 1. The van der Waals surface area contributed by atoms with Crippen LogP contribution in [0.3, 0.4) is 0 Å². The molecule has 4 rings (SSSR count). The molecule has 0 radical (unpaired) electrons. The monoisotopic (exact) mass is 457 g/mol. The van der Waals surface area contributed by atoms with Crippen molar-refractivity contribution >= 4 is 29.1 Å². The predicted molar refractivity (Wildman–Crippen MR) is 119 cm³/mol. The van der Waals surface area contributed by atoms with E-state index in [-0.39, 0.29) is 24.0 Å². The Morgan fingerprint density at radius 2 is 1.91 bits per heavy atom. The van der Waals surface area contributed by atoms with E-state index in [1.54, 1.807) is 42.5 Å². The lowest BCUT2D eigenvalue weighted by molar-refractivity contribution is -0.140. The molecule has 2 aromatic rings. The van der Waals surface area contributed by atoms with Gasteiger partial charge in [-0.2, -0.15) is 0 Å². The topological polar surface area (TPSA) is 85.3 Å². The van der Waals surface area contributed by atoms with Gasteiger partial charge in [0.2, 0.25) is 0 Å². The number of hydrogen-bond donors (Lipinski definition) is 1. The van der Waals surface area contributed by atoms with Gasteiger partial charge in [0.25, 0.3) is 11.7 Å². The van der Waals surface area contributed by atoms with Gasteiger partial charge in [-0.3, -0.25) is 9.59 Å². The smallest absolute Gasteiger partial charge is 0.295 e. The van der Waals surface area contributed by atoms with Crippen LogP contribution in [0.5, 0.6) is 11.5 Å². The van der Waals surface area contributed by atoms with Crippen LogP contribution in [0.2, 0.25) is 5.02 Å². The Labute approximate surface area is 191 Å². The van der Waals surface area contributed by atoms with Crippen molar-refractivity contribution in [3.63, 3.8) is 0 Å². The number of ether oxygens (including phenoxy) is 3. The highest BCUT2D eigenvalue weighted by Crippen LogP contribution is 2.44. The van der Waals surface area contributed by atoms with E-state index < -0.39 is 17.7 Å². The fraction of sp³-hybridized carbons (Fsp3) is 0.333. The van der Waals surface area contributed by atoms with Crippen molar-refractivity contribution in [1.29, 1.82) is 0 Å². The summed E-state index contributed by atoms with van der Waals surface area (Å²) in [6, 6.07) is 10.7. The molecule has 2 atom stereocenters. The Bertz CT molecular complexity index is 1060. The minimum absolute atomic E-state index is 0.0122. The minimum atomic E-state index is -0.861. The maximum Gasteiger partial charge on any atom is 0.295 e. The molecular weight excluding hydrogens is 434 g/mol. The number of ketones is 1. The maximum absolute atomic E-state index is 13.2. The lowest BCUT2D eigenvalue weighted by atomic mass is 9.94. The number of methoxy groups -OCH3 is 2. The number of aliphatic hydroxyl groups is 1. The van der Waals surface area contributed by atoms with Crippen LogP contribution in [-0.2, 0) is 14.3 Å². The van der Waals surface area contributed by atoms with Gasteiger partial charge in [-0.1, -0.05) is 11.6 Å². The zero-order chi connectivity index (χ0) is 22.8. The molecule has 2 aliphatic heterocycles. The normalized spacial score (nSPS) is 22.4. The summed E-state index contributed by atoms with van der Waals surface area (Å²) in [5.74, 6) is -0.715. The first kappa shape index (κ1) is 22.2. The van der Waals surface area contributed by atoms with E-state index in [4.69, 9.17) is 25.8 Å². The number of amides is 1. The first-order valence-electron chi connectivity index (χ1n) is 10.3. The highest BCUT2D eigenvalue weighted by Gasteiger charge is 2.48. The second kappa shape index (κ2) is 9.22. The molecule has 2 aliphatic rings. The second-order valence-corrected chi connectivity index (χ2v) is 8.14. The van der Waals surface area contributed by atoms with Gasteiger partial charge in [0, 0.05) is 29.3 Å². The largest absolute Gasteiger partial charge is 0.507 e. The molecule has 0 saturated carbocycles.